The summed E-state index contributed by atoms with van der Waals surface area (Å²) in [6.07, 6.45) is 1.42. The minimum absolute atomic E-state index is 0.116. The molecule has 0 bridgehead atoms. The Hall–Kier alpha value is -3.94. The Morgan fingerprint density at radius 1 is 1.12 bits per heavy atom. The lowest BCUT2D eigenvalue weighted by molar-refractivity contribution is -0.128. The van der Waals surface area contributed by atoms with Crippen molar-refractivity contribution >= 4 is 34.4 Å². The molecule has 0 aliphatic carbocycles. The van der Waals surface area contributed by atoms with Crippen molar-refractivity contribution < 1.29 is 23.5 Å². The highest BCUT2D eigenvalue weighted by Crippen LogP contribution is 2.22. The maximum Gasteiger partial charge on any atom is 0.338 e. The SMILES string of the molecule is CC(=O)Nc1ccc2c(COC(=O)c3cccc(CN4CCCC4=O)c3)cc(=O)oc2c1. The lowest BCUT2D eigenvalue weighted by atomic mass is 10.1. The molecular formula is C24H22N2O6. The van der Waals surface area contributed by atoms with Crippen molar-refractivity contribution in [3.05, 3.63) is 75.6 Å². The van der Waals surface area contributed by atoms with Crippen molar-refractivity contribution in [2.24, 2.45) is 0 Å². The number of nitrogens with zero attached hydrogens (tertiary/aromatic N) is 1. The molecule has 0 spiro atoms. The fraction of sp³-hybridized carbons (Fsp3) is 0.250. The summed E-state index contributed by atoms with van der Waals surface area (Å²) < 4.78 is 10.7. The minimum Gasteiger partial charge on any atom is -0.457 e. The number of rotatable bonds is 6. The van der Waals surface area contributed by atoms with Gasteiger partial charge < -0.3 is 19.4 Å². The number of nitrogens with one attached hydrogen (secondary N) is 1. The van der Waals surface area contributed by atoms with E-state index in [0.717, 1.165) is 18.5 Å². The fourth-order valence-corrected chi connectivity index (χ4v) is 3.75. The maximum atomic E-state index is 12.6. The van der Waals surface area contributed by atoms with E-state index in [1.807, 2.05) is 6.07 Å². The van der Waals surface area contributed by atoms with Crippen molar-refractivity contribution in [3.63, 3.8) is 0 Å². The van der Waals surface area contributed by atoms with Crippen molar-refractivity contribution in [1.29, 1.82) is 0 Å². The molecule has 0 unspecified atom stereocenters. The molecule has 1 aliphatic rings. The fourth-order valence-electron chi connectivity index (χ4n) is 3.75. The van der Waals surface area contributed by atoms with Crippen LogP contribution in [-0.4, -0.2) is 29.2 Å². The van der Waals surface area contributed by atoms with Crippen LogP contribution in [0.2, 0.25) is 0 Å². The van der Waals surface area contributed by atoms with E-state index in [1.165, 1.54) is 13.0 Å². The molecule has 4 rings (SSSR count). The summed E-state index contributed by atoms with van der Waals surface area (Å²) in [4.78, 5) is 49.4. The van der Waals surface area contributed by atoms with E-state index in [-0.39, 0.29) is 24.0 Å². The number of carbonyl (C=O) groups is 3. The second kappa shape index (κ2) is 9.05. The Labute approximate surface area is 183 Å². The predicted molar refractivity (Wildman–Crippen MR) is 117 cm³/mol. The number of hydrogen-bond donors (Lipinski definition) is 1. The van der Waals surface area contributed by atoms with Crippen LogP contribution in [0.4, 0.5) is 5.69 Å². The standard InChI is InChI=1S/C24H22N2O6/c1-15(27)25-19-7-8-20-18(11-23(29)32-21(20)12-19)14-31-24(30)17-5-2-4-16(10-17)13-26-9-3-6-22(26)28/h2,4-5,7-8,10-12H,3,6,9,13-14H2,1H3,(H,25,27). The molecule has 32 heavy (non-hydrogen) atoms. The molecule has 8 heteroatoms. The van der Waals surface area contributed by atoms with E-state index in [9.17, 15) is 19.2 Å². The number of amides is 2. The third-order valence-corrected chi connectivity index (χ3v) is 5.22. The predicted octanol–water partition coefficient (Wildman–Crippen LogP) is 3.23. The zero-order valence-electron chi connectivity index (χ0n) is 17.6. The molecule has 8 nitrogen and oxygen atoms in total. The molecule has 1 N–H and O–H groups in total. The molecule has 0 saturated carbocycles. The van der Waals surface area contributed by atoms with Crippen molar-refractivity contribution in [3.8, 4) is 0 Å². The highest BCUT2D eigenvalue weighted by molar-refractivity contribution is 5.92. The third-order valence-electron chi connectivity index (χ3n) is 5.22. The van der Waals surface area contributed by atoms with Crippen LogP contribution < -0.4 is 10.9 Å². The first-order chi connectivity index (χ1) is 15.4. The number of benzene rings is 2. The molecule has 3 aromatic rings. The molecular weight excluding hydrogens is 412 g/mol. The van der Waals surface area contributed by atoms with Gasteiger partial charge in [0.1, 0.15) is 12.2 Å². The number of likely N-dealkylation sites (tertiary alicyclic amines) is 1. The van der Waals surface area contributed by atoms with Gasteiger partial charge in [0.05, 0.1) is 5.56 Å². The number of ether oxygens (including phenoxy) is 1. The highest BCUT2D eigenvalue weighted by Gasteiger charge is 2.20. The first-order valence-electron chi connectivity index (χ1n) is 10.3. The second-order valence-corrected chi connectivity index (χ2v) is 7.68. The van der Waals surface area contributed by atoms with Gasteiger partial charge in [0.2, 0.25) is 11.8 Å². The second-order valence-electron chi connectivity index (χ2n) is 7.68. The van der Waals surface area contributed by atoms with E-state index < -0.39 is 11.6 Å². The summed E-state index contributed by atoms with van der Waals surface area (Å²) in [6.45, 7) is 2.45. The highest BCUT2D eigenvalue weighted by atomic mass is 16.5. The average molecular weight is 434 g/mol. The summed E-state index contributed by atoms with van der Waals surface area (Å²) >= 11 is 0. The normalized spacial score (nSPS) is 13.4. The van der Waals surface area contributed by atoms with E-state index >= 15 is 0 Å². The molecule has 0 radical (unpaired) electrons. The van der Waals surface area contributed by atoms with E-state index in [2.05, 4.69) is 5.32 Å². The Balaban J connectivity index is 1.49. The van der Waals surface area contributed by atoms with Crippen LogP contribution in [0.25, 0.3) is 11.0 Å². The van der Waals surface area contributed by atoms with Gasteiger partial charge in [0, 0.05) is 55.2 Å². The Kier molecular flexibility index (Phi) is 6.02. The summed E-state index contributed by atoms with van der Waals surface area (Å²) in [6, 6.07) is 13.2. The monoisotopic (exact) mass is 434 g/mol. The lowest BCUT2D eigenvalue weighted by Gasteiger charge is -2.16. The van der Waals surface area contributed by atoms with Gasteiger partial charge in [-0.3, -0.25) is 9.59 Å². The van der Waals surface area contributed by atoms with Crippen LogP contribution in [0.5, 0.6) is 0 Å². The van der Waals surface area contributed by atoms with Crippen molar-refractivity contribution in [2.75, 3.05) is 11.9 Å². The molecule has 2 aromatic carbocycles. The van der Waals surface area contributed by atoms with Crippen LogP contribution in [0.15, 0.2) is 57.7 Å². The van der Waals surface area contributed by atoms with Crippen LogP contribution in [0.3, 0.4) is 0 Å². The number of hydrogen-bond acceptors (Lipinski definition) is 6. The molecule has 1 saturated heterocycles. The number of carbonyl (C=O) groups excluding carboxylic acids is 3. The molecule has 1 fully saturated rings. The quantitative estimate of drug-likeness (QED) is 0.472. The summed E-state index contributed by atoms with van der Waals surface area (Å²) in [5, 5.41) is 3.23. The van der Waals surface area contributed by atoms with Crippen LogP contribution in [-0.2, 0) is 27.5 Å². The molecule has 1 aliphatic heterocycles. The van der Waals surface area contributed by atoms with Crippen LogP contribution in [0, 0.1) is 0 Å². The van der Waals surface area contributed by atoms with Crippen molar-refractivity contribution in [2.45, 2.75) is 32.9 Å². The van der Waals surface area contributed by atoms with Crippen LogP contribution in [0.1, 0.15) is 41.3 Å². The number of esters is 1. The maximum absolute atomic E-state index is 12.6. The van der Waals surface area contributed by atoms with Crippen molar-refractivity contribution in [1.82, 2.24) is 4.90 Å². The summed E-state index contributed by atoms with van der Waals surface area (Å²) in [7, 11) is 0. The zero-order valence-corrected chi connectivity index (χ0v) is 17.6. The molecule has 1 aromatic heterocycles. The molecule has 0 atom stereocenters. The van der Waals surface area contributed by atoms with Crippen LogP contribution >= 0.6 is 0 Å². The van der Waals surface area contributed by atoms with Gasteiger partial charge in [-0.25, -0.2) is 9.59 Å². The van der Waals surface area contributed by atoms with Gasteiger partial charge in [-0.15, -0.1) is 0 Å². The summed E-state index contributed by atoms with van der Waals surface area (Å²) in [5.74, 6) is -0.654. The van der Waals surface area contributed by atoms with Gasteiger partial charge in [0.15, 0.2) is 0 Å². The number of anilines is 1. The smallest absolute Gasteiger partial charge is 0.338 e. The van der Waals surface area contributed by atoms with E-state index in [4.69, 9.17) is 9.15 Å². The molecule has 2 heterocycles. The van der Waals surface area contributed by atoms with Gasteiger partial charge >= 0.3 is 11.6 Å². The lowest BCUT2D eigenvalue weighted by Crippen LogP contribution is -2.23. The molecule has 164 valence electrons. The Morgan fingerprint density at radius 3 is 2.72 bits per heavy atom. The van der Waals surface area contributed by atoms with E-state index in [0.29, 0.717) is 35.2 Å². The minimum atomic E-state index is -0.583. The van der Waals surface area contributed by atoms with Gasteiger partial charge in [-0.05, 0) is 36.2 Å². The Morgan fingerprint density at radius 2 is 1.97 bits per heavy atom. The topological polar surface area (TPSA) is 106 Å². The largest absolute Gasteiger partial charge is 0.457 e. The average Bonchev–Trinajstić information content (AvgIpc) is 3.15. The third kappa shape index (κ3) is 4.85. The van der Waals surface area contributed by atoms with Gasteiger partial charge in [-0.2, -0.15) is 0 Å². The first-order valence-corrected chi connectivity index (χ1v) is 10.3. The summed E-state index contributed by atoms with van der Waals surface area (Å²) in [5.41, 5.74) is 1.92. The first kappa shape index (κ1) is 21.3. The molecule has 2 amide bonds. The van der Waals surface area contributed by atoms with Gasteiger partial charge in [0.25, 0.3) is 0 Å². The Bertz CT molecular complexity index is 1260. The zero-order chi connectivity index (χ0) is 22.7. The number of fused-ring (bicyclic) bond motifs is 1. The van der Waals surface area contributed by atoms with Gasteiger partial charge in [-0.1, -0.05) is 12.1 Å². The van der Waals surface area contributed by atoms with E-state index in [1.54, 1.807) is 41.3 Å².